The highest BCUT2D eigenvalue weighted by atomic mass is 19.4. The number of pyridine rings is 1. The highest BCUT2D eigenvalue weighted by Crippen LogP contribution is 2.19. The van der Waals surface area contributed by atoms with Gasteiger partial charge in [0.15, 0.2) is 0 Å². The molecule has 18 heavy (non-hydrogen) atoms. The topological polar surface area (TPSA) is 51.4 Å². The van der Waals surface area contributed by atoms with Crippen molar-refractivity contribution in [2.75, 3.05) is 0 Å². The van der Waals surface area contributed by atoms with E-state index in [0.29, 0.717) is 11.9 Å². The summed E-state index contributed by atoms with van der Waals surface area (Å²) in [6.45, 7) is 1.54. The predicted octanol–water partition coefficient (Wildman–Crippen LogP) is 1.75. The Kier molecular flexibility index (Phi) is 2.68. The second-order valence-electron chi connectivity index (χ2n) is 3.66. The van der Waals surface area contributed by atoms with Crippen LogP contribution in [-0.2, 0) is 0 Å². The van der Waals surface area contributed by atoms with Crippen LogP contribution in [0.15, 0.2) is 29.2 Å². The molecule has 2 rings (SSSR count). The first-order valence-electron chi connectivity index (χ1n) is 4.91. The van der Waals surface area contributed by atoms with E-state index in [0.717, 1.165) is 4.40 Å². The first-order valence-corrected chi connectivity index (χ1v) is 4.91. The van der Waals surface area contributed by atoms with Crippen LogP contribution in [0.25, 0.3) is 5.65 Å². The van der Waals surface area contributed by atoms with Gasteiger partial charge in [0, 0.05) is 11.9 Å². The Labute approximate surface area is 98.7 Å². The number of aryl methyl sites for hydroxylation is 1. The van der Waals surface area contributed by atoms with E-state index in [4.69, 9.17) is 0 Å². The van der Waals surface area contributed by atoms with Crippen molar-refractivity contribution in [3.8, 4) is 0 Å². The summed E-state index contributed by atoms with van der Waals surface area (Å²) in [5, 5.41) is 0. The molecule has 0 atom stereocenters. The van der Waals surface area contributed by atoms with Gasteiger partial charge in [-0.15, -0.1) is 0 Å². The summed E-state index contributed by atoms with van der Waals surface area (Å²) in [6.07, 6.45) is -4.43. The third-order valence-corrected chi connectivity index (χ3v) is 2.43. The summed E-state index contributed by atoms with van der Waals surface area (Å²) in [5.41, 5.74) is -1.39. The molecule has 0 spiro atoms. The zero-order chi connectivity index (χ0) is 13.5. The van der Waals surface area contributed by atoms with Gasteiger partial charge in [0.25, 0.3) is 11.3 Å². The van der Waals surface area contributed by atoms with Gasteiger partial charge in [-0.1, -0.05) is 6.07 Å². The van der Waals surface area contributed by atoms with E-state index >= 15 is 0 Å². The van der Waals surface area contributed by atoms with Gasteiger partial charge in [-0.3, -0.25) is 14.0 Å². The Bertz CT molecular complexity index is 689. The smallest absolute Gasteiger partial charge is 0.284 e. The zero-order valence-corrected chi connectivity index (χ0v) is 9.15. The van der Waals surface area contributed by atoms with Crippen molar-refractivity contribution in [3.63, 3.8) is 0 Å². The molecule has 0 amide bonds. The first kappa shape index (κ1) is 12.3. The Morgan fingerprint density at radius 2 is 2.00 bits per heavy atom. The number of ketones is 1. The van der Waals surface area contributed by atoms with Crippen LogP contribution in [0.3, 0.4) is 0 Å². The molecule has 0 saturated heterocycles. The number of carbonyl (C=O) groups excluding carboxylic acids is 1. The predicted molar refractivity (Wildman–Crippen MR) is 56.6 cm³/mol. The largest absolute Gasteiger partial charge is 0.455 e. The van der Waals surface area contributed by atoms with E-state index in [2.05, 4.69) is 4.98 Å². The maximum atomic E-state index is 12.3. The van der Waals surface area contributed by atoms with E-state index in [9.17, 15) is 22.8 Å². The van der Waals surface area contributed by atoms with Crippen LogP contribution in [0.2, 0.25) is 0 Å². The lowest BCUT2D eigenvalue weighted by molar-refractivity contribution is -0.0886. The Morgan fingerprint density at radius 1 is 1.33 bits per heavy atom. The number of fused-ring (bicyclic) bond motifs is 1. The summed E-state index contributed by atoms with van der Waals surface area (Å²) in [7, 11) is 0. The van der Waals surface area contributed by atoms with Crippen LogP contribution in [0.5, 0.6) is 0 Å². The van der Waals surface area contributed by atoms with E-state index in [-0.39, 0.29) is 5.65 Å². The van der Waals surface area contributed by atoms with Crippen molar-refractivity contribution in [1.29, 1.82) is 0 Å². The summed E-state index contributed by atoms with van der Waals surface area (Å²) < 4.78 is 37.8. The fraction of sp³-hybridized carbons (Fsp3) is 0.182. The molecule has 0 unspecified atom stereocenters. The lowest BCUT2D eigenvalue weighted by Crippen LogP contribution is -2.32. The maximum Gasteiger partial charge on any atom is 0.455 e. The number of halogens is 3. The van der Waals surface area contributed by atoms with E-state index in [1.807, 2.05) is 0 Å². The molecular weight excluding hydrogens is 249 g/mol. The van der Waals surface area contributed by atoms with Crippen molar-refractivity contribution < 1.29 is 18.0 Å². The molecular formula is C11H7F3N2O2. The van der Waals surface area contributed by atoms with Crippen molar-refractivity contribution in [1.82, 2.24) is 9.38 Å². The quantitative estimate of drug-likeness (QED) is 0.730. The fourth-order valence-corrected chi connectivity index (χ4v) is 1.58. The Morgan fingerprint density at radius 3 is 2.61 bits per heavy atom. The molecule has 2 aromatic rings. The third kappa shape index (κ3) is 1.87. The molecule has 7 heteroatoms. The van der Waals surface area contributed by atoms with Gasteiger partial charge in [-0.25, -0.2) is 4.98 Å². The summed E-state index contributed by atoms with van der Waals surface area (Å²) in [5.74, 6) is -2.18. The number of Topliss-reactive ketones (excluding diaryl/α,β-unsaturated/α-hetero) is 1. The molecule has 0 aliphatic rings. The molecule has 0 aromatic carbocycles. The standard InChI is InChI=1S/C11H7F3N2O2/c1-6-3-2-4-8-15-5-7(10(18)16(6)8)9(17)11(12,13)14/h2-5H,1H3. The zero-order valence-electron chi connectivity index (χ0n) is 9.15. The Balaban J connectivity index is 2.77. The maximum absolute atomic E-state index is 12.3. The number of carbonyl (C=O) groups is 1. The molecule has 0 aliphatic heterocycles. The van der Waals surface area contributed by atoms with Crippen LogP contribution in [0.4, 0.5) is 13.2 Å². The van der Waals surface area contributed by atoms with Crippen molar-refractivity contribution in [3.05, 3.63) is 46.0 Å². The molecule has 2 aromatic heterocycles. The molecule has 0 fully saturated rings. The van der Waals surface area contributed by atoms with Gasteiger partial charge in [0.1, 0.15) is 11.2 Å². The second-order valence-corrected chi connectivity index (χ2v) is 3.66. The highest BCUT2D eigenvalue weighted by Gasteiger charge is 2.41. The summed E-state index contributed by atoms with van der Waals surface area (Å²) in [4.78, 5) is 26.6. The molecule has 2 heterocycles. The minimum atomic E-state index is -5.09. The monoisotopic (exact) mass is 256 g/mol. The van der Waals surface area contributed by atoms with Crippen LogP contribution in [-0.4, -0.2) is 21.3 Å². The molecule has 0 aliphatic carbocycles. The molecule has 4 nitrogen and oxygen atoms in total. The Hall–Kier alpha value is -2.18. The SMILES string of the molecule is Cc1cccc2ncc(C(=O)C(F)(F)F)c(=O)n12. The molecule has 0 bridgehead atoms. The van der Waals surface area contributed by atoms with Crippen molar-refractivity contribution in [2.45, 2.75) is 13.1 Å². The number of aromatic nitrogens is 2. The van der Waals surface area contributed by atoms with Crippen molar-refractivity contribution in [2.24, 2.45) is 0 Å². The van der Waals surface area contributed by atoms with Crippen LogP contribution in [0, 0.1) is 6.92 Å². The number of hydrogen-bond acceptors (Lipinski definition) is 3. The van der Waals surface area contributed by atoms with Crippen LogP contribution in [0.1, 0.15) is 16.1 Å². The van der Waals surface area contributed by atoms with E-state index in [1.54, 1.807) is 6.07 Å². The van der Waals surface area contributed by atoms with E-state index < -0.39 is 23.1 Å². The first-order chi connectivity index (χ1) is 8.32. The number of rotatable bonds is 1. The normalized spacial score (nSPS) is 11.8. The van der Waals surface area contributed by atoms with Gasteiger partial charge >= 0.3 is 6.18 Å². The highest BCUT2D eigenvalue weighted by molar-refractivity contribution is 5.99. The van der Waals surface area contributed by atoms with Crippen LogP contribution < -0.4 is 5.56 Å². The number of alkyl halides is 3. The van der Waals surface area contributed by atoms with Gasteiger partial charge in [0.2, 0.25) is 0 Å². The molecule has 0 saturated carbocycles. The lowest BCUT2D eigenvalue weighted by Gasteiger charge is -2.07. The minimum absolute atomic E-state index is 0.193. The van der Waals surface area contributed by atoms with Gasteiger partial charge in [-0.05, 0) is 19.1 Å². The van der Waals surface area contributed by atoms with Crippen molar-refractivity contribution >= 4 is 11.4 Å². The fourth-order valence-electron chi connectivity index (χ4n) is 1.58. The summed E-state index contributed by atoms with van der Waals surface area (Å²) >= 11 is 0. The van der Waals surface area contributed by atoms with Gasteiger partial charge < -0.3 is 0 Å². The van der Waals surface area contributed by atoms with Gasteiger partial charge in [-0.2, -0.15) is 13.2 Å². The molecule has 0 radical (unpaired) electrons. The molecule has 94 valence electrons. The number of nitrogens with zero attached hydrogens (tertiary/aromatic N) is 2. The minimum Gasteiger partial charge on any atom is -0.284 e. The molecule has 0 N–H and O–H groups in total. The number of hydrogen-bond donors (Lipinski definition) is 0. The third-order valence-electron chi connectivity index (χ3n) is 2.43. The lowest BCUT2D eigenvalue weighted by atomic mass is 10.2. The summed E-state index contributed by atoms with van der Waals surface area (Å²) in [6, 6.07) is 4.62. The average molecular weight is 256 g/mol. The van der Waals surface area contributed by atoms with Crippen LogP contribution >= 0.6 is 0 Å². The van der Waals surface area contributed by atoms with E-state index in [1.165, 1.54) is 19.1 Å². The average Bonchev–Trinajstić information content (AvgIpc) is 2.27. The van der Waals surface area contributed by atoms with Gasteiger partial charge in [0.05, 0.1) is 0 Å². The second kappa shape index (κ2) is 3.94.